The lowest BCUT2D eigenvalue weighted by Crippen LogP contribution is -2.41. The average molecular weight is 292 g/mol. The molecule has 106 valence electrons. The summed E-state index contributed by atoms with van der Waals surface area (Å²) in [4.78, 5) is 0. The summed E-state index contributed by atoms with van der Waals surface area (Å²) in [5.41, 5.74) is 0.947. The molecule has 1 heterocycles. The zero-order valence-electron chi connectivity index (χ0n) is 12.5. The van der Waals surface area contributed by atoms with Crippen LogP contribution in [-0.2, 0) is 9.31 Å². The zero-order chi connectivity index (χ0) is 15.1. The first kappa shape index (κ1) is 15.4. The van der Waals surface area contributed by atoms with Gasteiger partial charge in [0.25, 0.3) is 0 Å². The fourth-order valence-corrected chi connectivity index (χ4v) is 2.37. The Hall–Kier alpha value is -1.02. The van der Waals surface area contributed by atoms with E-state index in [-0.39, 0.29) is 17.1 Å². The first-order valence-corrected chi connectivity index (χ1v) is 7.10. The molecule has 0 N–H and O–H groups in total. The van der Waals surface area contributed by atoms with Crippen molar-refractivity contribution in [2.24, 2.45) is 0 Å². The number of hydrogen-bond acceptors (Lipinski definition) is 3. The van der Waals surface area contributed by atoms with Gasteiger partial charge in [0.05, 0.1) is 23.2 Å². The smallest absolute Gasteiger partial charge is 0.399 e. The van der Waals surface area contributed by atoms with Crippen LogP contribution < -0.4 is 5.46 Å². The molecule has 0 bridgehead atoms. The average Bonchev–Trinajstić information content (AvgIpc) is 2.58. The number of nitrogens with zero attached hydrogens (tertiary/aromatic N) is 1. The van der Waals surface area contributed by atoms with Gasteiger partial charge in [-0.1, -0.05) is 23.7 Å². The fourth-order valence-electron chi connectivity index (χ4n) is 2.09. The molecule has 1 unspecified atom stereocenters. The van der Waals surface area contributed by atoms with Crippen molar-refractivity contribution >= 4 is 24.2 Å². The Balaban J connectivity index is 2.35. The van der Waals surface area contributed by atoms with Gasteiger partial charge in [-0.2, -0.15) is 5.26 Å². The van der Waals surface area contributed by atoms with E-state index < -0.39 is 7.12 Å². The van der Waals surface area contributed by atoms with Crippen molar-refractivity contribution in [2.45, 2.75) is 51.7 Å². The van der Waals surface area contributed by atoms with Gasteiger partial charge in [-0.3, -0.25) is 0 Å². The van der Waals surface area contributed by atoms with Crippen molar-refractivity contribution < 1.29 is 9.31 Å². The number of nitriles is 1. The van der Waals surface area contributed by atoms with E-state index in [1.165, 1.54) is 0 Å². The Morgan fingerprint density at radius 3 is 2.25 bits per heavy atom. The maximum Gasteiger partial charge on any atom is 0.494 e. The van der Waals surface area contributed by atoms with Crippen LogP contribution in [0.15, 0.2) is 18.2 Å². The van der Waals surface area contributed by atoms with Gasteiger partial charge < -0.3 is 9.31 Å². The van der Waals surface area contributed by atoms with Crippen molar-refractivity contribution in [2.75, 3.05) is 0 Å². The highest BCUT2D eigenvalue weighted by atomic mass is 35.5. The highest BCUT2D eigenvalue weighted by molar-refractivity contribution is 6.62. The maximum atomic E-state index is 9.06. The van der Waals surface area contributed by atoms with E-state index in [4.69, 9.17) is 26.2 Å². The third-order valence-electron chi connectivity index (χ3n) is 4.21. The third-order valence-corrected chi connectivity index (χ3v) is 4.55. The van der Waals surface area contributed by atoms with Crippen LogP contribution in [0.4, 0.5) is 0 Å². The molecule has 5 heteroatoms. The maximum absolute atomic E-state index is 9.06. The molecule has 0 saturated carbocycles. The standard InChI is InChI=1S/C15H19BClNO2/c1-10(9-18)12-8-11(6-7-13(12)17)16-19-14(2,3)15(4,5)20-16/h6-8,10H,1-5H3. The third kappa shape index (κ3) is 2.58. The molecule has 3 nitrogen and oxygen atoms in total. The van der Waals surface area contributed by atoms with Gasteiger partial charge in [-0.25, -0.2) is 0 Å². The van der Waals surface area contributed by atoms with E-state index in [0.29, 0.717) is 5.02 Å². The van der Waals surface area contributed by atoms with Gasteiger partial charge in [0, 0.05) is 5.02 Å². The lowest BCUT2D eigenvalue weighted by molar-refractivity contribution is 0.00578. The van der Waals surface area contributed by atoms with E-state index in [2.05, 4.69) is 6.07 Å². The van der Waals surface area contributed by atoms with Crippen LogP contribution in [0.3, 0.4) is 0 Å². The summed E-state index contributed by atoms with van der Waals surface area (Å²) in [5, 5.41) is 9.66. The Kier molecular flexibility index (Phi) is 3.90. The molecule has 1 aromatic carbocycles. The Labute approximate surface area is 126 Å². The number of benzene rings is 1. The summed E-state index contributed by atoms with van der Waals surface area (Å²) in [5.74, 6) is -0.259. The first-order chi connectivity index (χ1) is 9.18. The molecule has 0 aliphatic carbocycles. The van der Waals surface area contributed by atoms with E-state index in [9.17, 15) is 0 Å². The van der Waals surface area contributed by atoms with Crippen LogP contribution in [0, 0.1) is 11.3 Å². The Morgan fingerprint density at radius 1 is 1.20 bits per heavy atom. The van der Waals surface area contributed by atoms with Crippen molar-refractivity contribution in [3.63, 3.8) is 0 Å². The second kappa shape index (κ2) is 5.07. The molecule has 0 spiro atoms. The van der Waals surface area contributed by atoms with Crippen molar-refractivity contribution in [1.29, 1.82) is 5.26 Å². The van der Waals surface area contributed by atoms with Gasteiger partial charge in [-0.15, -0.1) is 0 Å². The molecule has 1 saturated heterocycles. The summed E-state index contributed by atoms with van der Waals surface area (Å²) in [6.07, 6.45) is 0. The summed E-state index contributed by atoms with van der Waals surface area (Å²) in [6, 6.07) is 7.79. The SMILES string of the molecule is CC(C#N)c1cc(B2OC(C)(C)C(C)(C)O2)ccc1Cl. The lowest BCUT2D eigenvalue weighted by atomic mass is 9.77. The van der Waals surface area contributed by atoms with Gasteiger partial charge in [-0.05, 0) is 51.7 Å². The van der Waals surface area contributed by atoms with Crippen molar-refractivity contribution in [1.82, 2.24) is 0 Å². The first-order valence-electron chi connectivity index (χ1n) is 6.72. The molecule has 1 aliphatic heterocycles. The Bertz CT molecular complexity index is 549. The van der Waals surface area contributed by atoms with Gasteiger partial charge in [0.2, 0.25) is 0 Å². The summed E-state index contributed by atoms with van der Waals surface area (Å²) < 4.78 is 12.0. The van der Waals surface area contributed by atoms with E-state index in [1.807, 2.05) is 46.8 Å². The predicted octanol–water partition coefficient (Wildman–Crippen LogP) is 3.27. The van der Waals surface area contributed by atoms with Crippen LogP contribution in [0.25, 0.3) is 0 Å². The second-order valence-electron chi connectivity index (χ2n) is 6.22. The molecule has 1 atom stereocenters. The molecule has 0 aromatic heterocycles. The van der Waals surface area contributed by atoms with Gasteiger partial charge in [0.15, 0.2) is 0 Å². The zero-order valence-corrected chi connectivity index (χ0v) is 13.3. The molecular formula is C15H19BClNO2. The minimum Gasteiger partial charge on any atom is -0.399 e. The topological polar surface area (TPSA) is 42.2 Å². The van der Waals surface area contributed by atoms with Crippen LogP contribution >= 0.6 is 11.6 Å². The molecule has 20 heavy (non-hydrogen) atoms. The monoisotopic (exact) mass is 291 g/mol. The van der Waals surface area contributed by atoms with Crippen molar-refractivity contribution in [3.8, 4) is 6.07 Å². The molecule has 0 amide bonds. The van der Waals surface area contributed by atoms with Crippen LogP contribution in [-0.4, -0.2) is 18.3 Å². The van der Waals surface area contributed by atoms with Crippen LogP contribution in [0.2, 0.25) is 5.02 Å². The molecule has 0 radical (unpaired) electrons. The molecule has 2 rings (SSSR count). The normalized spacial score (nSPS) is 21.6. The quantitative estimate of drug-likeness (QED) is 0.785. The molecule has 1 aliphatic rings. The minimum atomic E-state index is -0.429. The Morgan fingerprint density at radius 2 is 1.75 bits per heavy atom. The molecular weight excluding hydrogens is 272 g/mol. The van der Waals surface area contributed by atoms with Crippen LogP contribution in [0.5, 0.6) is 0 Å². The highest BCUT2D eigenvalue weighted by Gasteiger charge is 2.51. The summed E-state index contributed by atoms with van der Waals surface area (Å²) >= 11 is 6.16. The summed E-state index contributed by atoms with van der Waals surface area (Å²) in [7, 11) is -0.429. The highest BCUT2D eigenvalue weighted by Crippen LogP contribution is 2.36. The van der Waals surface area contributed by atoms with E-state index >= 15 is 0 Å². The van der Waals surface area contributed by atoms with Gasteiger partial charge >= 0.3 is 7.12 Å². The summed E-state index contributed by atoms with van der Waals surface area (Å²) in [6.45, 7) is 9.89. The van der Waals surface area contributed by atoms with E-state index in [1.54, 1.807) is 6.07 Å². The lowest BCUT2D eigenvalue weighted by Gasteiger charge is -2.32. The fraction of sp³-hybridized carbons (Fsp3) is 0.533. The molecule has 1 fully saturated rings. The number of rotatable bonds is 2. The van der Waals surface area contributed by atoms with Crippen LogP contribution in [0.1, 0.15) is 46.1 Å². The van der Waals surface area contributed by atoms with Gasteiger partial charge in [0.1, 0.15) is 0 Å². The molecule has 1 aromatic rings. The minimum absolute atomic E-state index is 0.259. The van der Waals surface area contributed by atoms with Crippen molar-refractivity contribution in [3.05, 3.63) is 28.8 Å². The second-order valence-corrected chi connectivity index (χ2v) is 6.63. The predicted molar refractivity (Wildman–Crippen MR) is 81.2 cm³/mol. The van der Waals surface area contributed by atoms with E-state index in [0.717, 1.165) is 11.0 Å². The largest absolute Gasteiger partial charge is 0.494 e. The number of halogens is 1. The number of hydrogen-bond donors (Lipinski definition) is 0.